The van der Waals surface area contributed by atoms with E-state index in [-0.39, 0.29) is 5.82 Å². The fraction of sp³-hybridized carbons (Fsp3) is 0.250. The van der Waals surface area contributed by atoms with Crippen molar-refractivity contribution in [1.82, 2.24) is 5.32 Å². The summed E-state index contributed by atoms with van der Waals surface area (Å²) in [4.78, 5) is 0. The highest BCUT2D eigenvalue weighted by molar-refractivity contribution is 5.19. The summed E-state index contributed by atoms with van der Waals surface area (Å²) in [5.74, 6) is -0.319. The third-order valence-corrected chi connectivity index (χ3v) is 3.00. The third kappa shape index (κ3) is 4.47. The second-order valence-electron chi connectivity index (χ2n) is 4.51. The number of rotatable bonds is 6. The van der Waals surface area contributed by atoms with Gasteiger partial charge in [0.1, 0.15) is 5.82 Å². The summed E-state index contributed by atoms with van der Waals surface area (Å²) in [6, 6.07) is 16.2. The Morgan fingerprint density at radius 3 is 2.58 bits per heavy atom. The topological polar surface area (TPSA) is 32.3 Å². The van der Waals surface area contributed by atoms with Gasteiger partial charge in [0.15, 0.2) is 0 Å². The molecule has 2 rings (SSSR count). The molecule has 19 heavy (non-hydrogen) atoms. The van der Waals surface area contributed by atoms with Crippen LogP contribution in [0.5, 0.6) is 0 Å². The van der Waals surface area contributed by atoms with Crippen LogP contribution in [0, 0.1) is 5.82 Å². The van der Waals surface area contributed by atoms with Gasteiger partial charge in [-0.3, -0.25) is 0 Å². The van der Waals surface area contributed by atoms with Crippen LogP contribution in [0.1, 0.15) is 17.2 Å². The molecular formula is C16H18FNO. The summed E-state index contributed by atoms with van der Waals surface area (Å²) in [6.07, 6.45) is 0.239. The standard InChI is InChI=1S/C16H18FNO/c17-15-8-4-7-14(11-15)16(19)12-18-10-9-13-5-2-1-3-6-13/h1-8,11,16,18-19H,9-10,12H2/t16-/m1/s1. The van der Waals surface area contributed by atoms with Gasteiger partial charge in [-0.25, -0.2) is 4.39 Å². The average Bonchev–Trinajstić information content (AvgIpc) is 2.44. The lowest BCUT2D eigenvalue weighted by Gasteiger charge is -2.12. The summed E-state index contributed by atoms with van der Waals surface area (Å²) in [7, 11) is 0. The lowest BCUT2D eigenvalue weighted by molar-refractivity contribution is 0.174. The molecular weight excluding hydrogens is 241 g/mol. The van der Waals surface area contributed by atoms with E-state index in [0.29, 0.717) is 12.1 Å². The number of aliphatic hydroxyl groups excluding tert-OH is 1. The summed E-state index contributed by atoms with van der Waals surface area (Å²) in [6.45, 7) is 1.21. The first-order valence-corrected chi connectivity index (χ1v) is 6.44. The van der Waals surface area contributed by atoms with E-state index in [9.17, 15) is 9.50 Å². The molecule has 1 atom stereocenters. The van der Waals surface area contributed by atoms with Crippen molar-refractivity contribution < 1.29 is 9.50 Å². The number of nitrogens with one attached hydrogen (secondary N) is 1. The highest BCUT2D eigenvalue weighted by Crippen LogP contribution is 2.12. The molecule has 0 saturated carbocycles. The van der Waals surface area contributed by atoms with Crippen molar-refractivity contribution in [2.45, 2.75) is 12.5 Å². The van der Waals surface area contributed by atoms with Crippen LogP contribution in [-0.2, 0) is 6.42 Å². The molecule has 0 bridgehead atoms. The monoisotopic (exact) mass is 259 g/mol. The molecule has 0 aliphatic rings. The molecule has 0 aromatic heterocycles. The summed E-state index contributed by atoms with van der Waals surface area (Å²) < 4.78 is 13.0. The third-order valence-electron chi connectivity index (χ3n) is 3.00. The Balaban J connectivity index is 1.74. The zero-order valence-corrected chi connectivity index (χ0v) is 10.7. The number of hydrogen-bond donors (Lipinski definition) is 2. The zero-order valence-electron chi connectivity index (χ0n) is 10.7. The maximum atomic E-state index is 13.0. The molecule has 0 aliphatic carbocycles. The van der Waals surface area contributed by atoms with Gasteiger partial charge in [-0.2, -0.15) is 0 Å². The van der Waals surface area contributed by atoms with Crippen molar-refractivity contribution in [3.05, 3.63) is 71.5 Å². The molecule has 0 heterocycles. The lowest BCUT2D eigenvalue weighted by Crippen LogP contribution is -2.23. The maximum Gasteiger partial charge on any atom is 0.123 e. The van der Waals surface area contributed by atoms with E-state index in [4.69, 9.17) is 0 Å². The van der Waals surface area contributed by atoms with Crippen molar-refractivity contribution >= 4 is 0 Å². The average molecular weight is 259 g/mol. The van der Waals surface area contributed by atoms with Crippen molar-refractivity contribution in [1.29, 1.82) is 0 Å². The predicted octanol–water partition coefficient (Wildman–Crippen LogP) is 2.69. The predicted molar refractivity (Wildman–Crippen MR) is 74.4 cm³/mol. The Morgan fingerprint density at radius 1 is 1.05 bits per heavy atom. The van der Waals surface area contributed by atoms with Crippen molar-refractivity contribution in [2.24, 2.45) is 0 Å². The van der Waals surface area contributed by atoms with Crippen LogP contribution in [0.3, 0.4) is 0 Å². The molecule has 100 valence electrons. The quantitative estimate of drug-likeness (QED) is 0.782. The van der Waals surface area contributed by atoms with Crippen LogP contribution >= 0.6 is 0 Å². The van der Waals surface area contributed by atoms with Gasteiger partial charge in [-0.15, -0.1) is 0 Å². The Bertz CT molecular complexity index is 501. The number of benzene rings is 2. The van der Waals surface area contributed by atoms with E-state index in [1.54, 1.807) is 12.1 Å². The van der Waals surface area contributed by atoms with Gasteiger partial charge < -0.3 is 10.4 Å². The minimum absolute atomic E-state index is 0.319. The van der Waals surface area contributed by atoms with Crippen molar-refractivity contribution in [3.63, 3.8) is 0 Å². The van der Waals surface area contributed by atoms with Gasteiger partial charge in [0.2, 0.25) is 0 Å². The minimum Gasteiger partial charge on any atom is -0.387 e. The second kappa shape index (κ2) is 7.02. The van der Waals surface area contributed by atoms with Gasteiger partial charge in [-0.1, -0.05) is 42.5 Å². The van der Waals surface area contributed by atoms with Crippen molar-refractivity contribution in [2.75, 3.05) is 13.1 Å². The number of aliphatic hydroxyl groups is 1. The molecule has 0 amide bonds. The van der Waals surface area contributed by atoms with E-state index < -0.39 is 6.10 Å². The fourth-order valence-corrected chi connectivity index (χ4v) is 1.95. The first-order chi connectivity index (χ1) is 9.25. The summed E-state index contributed by atoms with van der Waals surface area (Å²) in [5.41, 5.74) is 1.86. The SMILES string of the molecule is O[C@H](CNCCc1ccccc1)c1cccc(F)c1. The van der Waals surface area contributed by atoms with Gasteiger partial charge in [0.05, 0.1) is 6.10 Å². The van der Waals surface area contributed by atoms with Crippen LogP contribution in [0.15, 0.2) is 54.6 Å². The normalized spacial score (nSPS) is 12.3. The number of halogens is 1. The molecule has 2 aromatic rings. The van der Waals surface area contributed by atoms with Gasteiger partial charge in [0, 0.05) is 6.54 Å². The first-order valence-electron chi connectivity index (χ1n) is 6.44. The largest absolute Gasteiger partial charge is 0.387 e. The highest BCUT2D eigenvalue weighted by Gasteiger charge is 2.07. The van der Waals surface area contributed by atoms with Crippen molar-refractivity contribution in [3.8, 4) is 0 Å². The summed E-state index contributed by atoms with van der Waals surface area (Å²) >= 11 is 0. The van der Waals surface area contributed by atoms with E-state index in [2.05, 4.69) is 17.4 Å². The molecule has 3 heteroatoms. The van der Waals surface area contributed by atoms with E-state index in [1.807, 2.05) is 18.2 Å². The minimum atomic E-state index is -0.675. The fourth-order valence-electron chi connectivity index (χ4n) is 1.95. The van der Waals surface area contributed by atoms with Gasteiger partial charge in [-0.05, 0) is 36.2 Å². The van der Waals surface area contributed by atoms with Crippen LogP contribution in [0.25, 0.3) is 0 Å². The zero-order chi connectivity index (χ0) is 13.5. The van der Waals surface area contributed by atoms with E-state index in [0.717, 1.165) is 13.0 Å². The smallest absolute Gasteiger partial charge is 0.123 e. The van der Waals surface area contributed by atoms with E-state index >= 15 is 0 Å². The Hall–Kier alpha value is -1.71. The Kier molecular flexibility index (Phi) is 5.07. The second-order valence-corrected chi connectivity index (χ2v) is 4.51. The van der Waals surface area contributed by atoms with E-state index in [1.165, 1.54) is 17.7 Å². The Labute approximate surface area is 112 Å². The van der Waals surface area contributed by atoms with Crippen LogP contribution < -0.4 is 5.32 Å². The Morgan fingerprint density at radius 2 is 1.84 bits per heavy atom. The van der Waals surface area contributed by atoms with Crippen LogP contribution in [0.2, 0.25) is 0 Å². The summed E-state index contributed by atoms with van der Waals surface area (Å²) in [5, 5.41) is 13.1. The van der Waals surface area contributed by atoms with Gasteiger partial charge >= 0.3 is 0 Å². The molecule has 0 unspecified atom stereocenters. The van der Waals surface area contributed by atoms with Crippen LogP contribution in [0.4, 0.5) is 4.39 Å². The highest BCUT2D eigenvalue weighted by atomic mass is 19.1. The number of hydrogen-bond acceptors (Lipinski definition) is 2. The molecule has 2 N–H and O–H groups in total. The molecule has 0 radical (unpaired) electrons. The molecule has 2 aromatic carbocycles. The maximum absolute atomic E-state index is 13.0. The van der Waals surface area contributed by atoms with Crippen LogP contribution in [-0.4, -0.2) is 18.2 Å². The molecule has 2 nitrogen and oxygen atoms in total. The first kappa shape index (κ1) is 13.7. The molecule has 0 fully saturated rings. The molecule has 0 aliphatic heterocycles. The molecule has 0 saturated heterocycles. The molecule has 0 spiro atoms. The lowest BCUT2D eigenvalue weighted by atomic mass is 10.1. The van der Waals surface area contributed by atoms with Gasteiger partial charge in [0.25, 0.3) is 0 Å².